The van der Waals surface area contributed by atoms with Crippen LogP contribution >= 0.6 is 0 Å². The Labute approximate surface area is 187 Å². The molecule has 0 radical (unpaired) electrons. The third kappa shape index (κ3) is 4.56. The minimum Gasteiger partial charge on any atom is -0.342 e. The lowest BCUT2D eigenvalue weighted by Gasteiger charge is -2.18. The predicted molar refractivity (Wildman–Crippen MR) is 125 cm³/mol. The number of hydrogen-bond acceptors (Lipinski definition) is 4. The SMILES string of the molecule is CC(=O)N(C)Cc1ccccc1NC(=O)c1ccc2c(=O)n3c(nc2c1)CCCCCC3. The second-order valence-electron chi connectivity index (χ2n) is 8.37. The summed E-state index contributed by atoms with van der Waals surface area (Å²) < 4.78 is 1.79. The van der Waals surface area contributed by atoms with Crippen LogP contribution in [0.4, 0.5) is 5.69 Å². The van der Waals surface area contributed by atoms with Crippen molar-refractivity contribution in [3.05, 3.63) is 69.8 Å². The van der Waals surface area contributed by atoms with Gasteiger partial charge in [-0.2, -0.15) is 0 Å². The number of benzene rings is 2. The highest BCUT2D eigenvalue weighted by Gasteiger charge is 2.16. The molecule has 2 aromatic carbocycles. The number of nitrogens with zero attached hydrogens (tertiary/aromatic N) is 3. The largest absolute Gasteiger partial charge is 0.342 e. The third-order valence-electron chi connectivity index (χ3n) is 6.04. The average molecular weight is 433 g/mol. The zero-order valence-corrected chi connectivity index (χ0v) is 18.6. The minimum absolute atomic E-state index is 0.0310. The van der Waals surface area contributed by atoms with Gasteiger partial charge in [-0.05, 0) is 42.7 Å². The van der Waals surface area contributed by atoms with Gasteiger partial charge in [-0.25, -0.2) is 4.98 Å². The molecule has 1 aliphatic heterocycles. The number of fused-ring (bicyclic) bond motifs is 2. The van der Waals surface area contributed by atoms with E-state index in [9.17, 15) is 14.4 Å². The number of hydrogen-bond donors (Lipinski definition) is 1. The van der Waals surface area contributed by atoms with Crippen LogP contribution in [0.25, 0.3) is 10.9 Å². The highest BCUT2D eigenvalue weighted by Crippen LogP contribution is 2.20. The Kier molecular flexibility index (Phi) is 6.35. The molecule has 32 heavy (non-hydrogen) atoms. The first kappa shape index (κ1) is 21.7. The number of aryl methyl sites for hydroxylation is 1. The van der Waals surface area contributed by atoms with Crippen molar-refractivity contribution in [1.82, 2.24) is 14.5 Å². The van der Waals surface area contributed by atoms with E-state index in [1.54, 1.807) is 34.7 Å². The monoisotopic (exact) mass is 432 g/mol. The molecule has 166 valence electrons. The van der Waals surface area contributed by atoms with Crippen molar-refractivity contribution in [2.24, 2.45) is 0 Å². The van der Waals surface area contributed by atoms with Crippen LogP contribution in [-0.2, 0) is 24.3 Å². The summed E-state index contributed by atoms with van der Waals surface area (Å²) in [6, 6.07) is 12.5. The van der Waals surface area contributed by atoms with Gasteiger partial charge in [-0.15, -0.1) is 0 Å². The molecule has 2 heterocycles. The maximum Gasteiger partial charge on any atom is 0.261 e. The number of carbonyl (C=O) groups is 2. The molecule has 0 spiro atoms. The fraction of sp³-hybridized carbons (Fsp3) is 0.360. The van der Waals surface area contributed by atoms with Crippen molar-refractivity contribution in [3.8, 4) is 0 Å². The summed E-state index contributed by atoms with van der Waals surface area (Å²) in [6.45, 7) is 2.60. The number of para-hydroxylation sites is 1. The Balaban J connectivity index is 1.63. The number of carbonyl (C=O) groups excluding carboxylic acids is 2. The van der Waals surface area contributed by atoms with E-state index in [1.807, 2.05) is 24.3 Å². The zero-order valence-electron chi connectivity index (χ0n) is 18.6. The molecular weight excluding hydrogens is 404 g/mol. The molecule has 3 aromatic rings. The summed E-state index contributed by atoms with van der Waals surface area (Å²) in [7, 11) is 1.72. The number of nitrogens with one attached hydrogen (secondary N) is 1. The number of anilines is 1. The van der Waals surface area contributed by atoms with E-state index in [0.717, 1.165) is 43.5 Å². The van der Waals surface area contributed by atoms with Gasteiger partial charge >= 0.3 is 0 Å². The van der Waals surface area contributed by atoms with Gasteiger partial charge in [0.1, 0.15) is 5.82 Å². The fourth-order valence-corrected chi connectivity index (χ4v) is 4.08. The van der Waals surface area contributed by atoms with Crippen LogP contribution in [0.5, 0.6) is 0 Å². The Hall–Kier alpha value is -3.48. The Morgan fingerprint density at radius 3 is 2.69 bits per heavy atom. The molecule has 0 atom stereocenters. The maximum absolute atomic E-state index is 13.0. The lowest BCUT2D eigenvalue weighted by Crippen LogP contribution is -2.27. The van der Waals surface area contributed by atoms with Gasteiger partial charge in [0.25, 0.3) is 11.5 Å². The molecule has 0 aliphatic carbocycles. The van der Waals surface area contributed by atoms with E-state index < -0.39 is 0 Å². The first-order chi connectivity index (χ1) is 15.4. The summed E-state index contributed by atoms with van der Waals surface area (Å²) in [5.74, 6) is 0.476. The fourth-order valence-electron chi connectivity index (χ4n) is 4.08. The van der Waals surface area contributed by atoms with Crippen molar-refractivity contribution in [1.29, 1.82) is 0 Å². The summed E-state index contributed by atoms with van der Waals surface area (Å²) in [5.41, 5.74) is 2.46. The van der Waals surface area contributed by atoms with Crippen LogP contribution in [0.1, 0.15) is 54.4 Å². The van der Waals surface area contributed by atoms with Crippen LogP contribution < -0.4 is 10.9 Å². The smallest absolute Gasteiger partial charge is 0.261 e. The van der Waals surface area contributed by atoms with Crippen LogP contribution in [0.2, 0.25) is 0 Å². The molecule has 0 saturated heterocycles. The lowest BCUT2D eigenvalue weighted by atomic mass is 10.1. The normalized spacial score (nSPS) is 13.7. The van der Waals surface area contributed by atoms with E-state index in [1.165, 1.54) is 6.92 Å². The van der Waals surface area contributed by atoms with Gasteiger partial charge in [0.05, 0.1) is 10.9 Å². The molecule has 1 aliphatic rings. The second kappa shape index (κ2) is 9.34. The summed E-state index contributed by atoms with van der Waals surface area (Å²) in [6.07, 6.45) is 5.06. The molecule has 1 N–H and O–H groups in total. The van der Waals surface area contributed by atoms with Crippen LogP contribution in [0, 0.1) is 0 Å². The van der Waals surface area contributed by atoms with Crippen LogP contribution in [0.15, 0.2) is 47.3 Å². The standard InChI is InChI=1S/C25H28N4O3/c1-17(30)28(2)16-19-9-6-7-10-21(19)27-24(31)18-12-13-20-22(15-18)26-23-11-5-3-4-8-14-29(23)25(20)32/h6-7,9-10,12-13,15H,3-5,8,11,14,16H2,1-2H3,(H,27,31). The highest BCUT2D eigenvalue weighted by molar-refractivity contribution is 6.06. The number of aromatic nitrogens is 2. The molecular formula is C25H28N4O3. The van der Waals surface area contributed by atoms with E-state index in [-0.39, 0.29) is 17.4 Å². The third-order valence-corrected chi connectivity index (χ3v) is 6.04. The minimum atomic E-state index is -0.279. The predicted octanol–water partition coefficient (Wildman–Crippen LogP) is 3.74. The molecule has 0 saturated carbocycles. The summed E-state index contributed by atoms with van der Waals surface area (Å²) >= 11 is 0. The summed E-state index contributed by atoms with van der Waals surface area (Å²) in [4.78, 5) is 43.9. The number of rotatable bonds is 4. The van der Waals surface area contributed by atoms with Crippen LogP contribution in [-0.4, -0.2) is 33.3 Å². The van der Waals surface area contributed by atoms with E-state index in [4.69, 9.17) is 4.98 Å². The Morgan fingerprint density at radius 1 is 1.09 bits per heavy atom. The summed E-state index contributed by atoms with van der Waals surface area (Å²) in [5, 5.41) is 3.48. The average Bonchev–Trinajstić information content (AvgIpc) is 2.76. The molecule has 2 amide bonds. The molecule has 7 nitrogen and oxygen atoms in total. The van der Waals surface area contributed by atoms with E-state index in [2.05, 4.69) is 5.32 Å². The van der Waals surface area contributed by atoms with Gasteiger partial charge in [-0.3, -0.25) is 19.0 Å². The van der Waals surface area contributed by atoms with Gasteiger partial charge in [0, 0.05) is 44.7 Å². The van der Waals surface area contributed by atoms with Gasteiger partial charge in [0.2, 0.25) is 5.91 Å². The first-order valence-corrected chi connectivity index (χ1v) is 11.1. The molecule has 7 heteroatoms. The number of amides is 2. The quantitative estimate of drug-likeness (QED) is 0.681. The molecule has 0 unspecified atom stereocenters. The maximum atomic E-state index is 13.0. The molecule has 0 bridgehead atoms. The van der Waals surface area contributed by atoms with Gasteiger partial charge in [-0.1, -0.05) is 31.0 Å². The van der Waals surface area contributed by atoms with Crippen molar-refractivity contribution < 1.29 is 9.59 Å². The van der Waals surface area contributed by atoms with Crippen molar-refractivity contribution in [2.75, 3.05) is 12.4 Å². The highest BCUT2D eigenvalue weighted by atomic mass is 16.2. The van der Waals surface area contributed by atoms with E-state index >= 15 is 0 Å². The van der Waals surface area contributed by atoms with Gasteiger partial charge < -0.3 is 10.2 Å². The molecule has 0 fully saturated rings. The van der Waals surface area contributed by atoms with E-state index in [0.29, 0.717) is 35.2 Å². The van der Waals surface area contributed by atoms with Crippen molar-refractivity contribution >= 4 is 28.4 Å². The second-order valence-corrected chi connectivity index (χ2v) is 8.37. The lowest BCUT2D eigenvalue weighted by molar-refractivity contribution is -0.128. The molecule has 4 rings (SSSR count). The first-order valence-electron chi connectivity index (χ1n) is 11.1. The Morgan fingerprint density at radius 2 is 1.88 bits per heavy atom. The van der Waals surface area contributed by atoms with Gasteiger partial charge in [0.15, 0.2) is 0 Å². The Bertz CT molecular complexity index is 1230. The topological polar surface area (TPSA) is 84.3 Å². The van der Waals surface area contributed by atoms with Crippen molar-refractivity contribution in [3.63, 3.8) is 0 Å². The van der Waals surface area contributed by atoms with Crippen LogP contribution in [0.3, 0.4) is 0 Å². The van der Waals surface area contributed by atoms with Crippen molar-refractivity contribution in [2.45, 2.75) is 52.1 Å². The zero-order chi connectivity index (χ0) is 22.7. The molecule has 1 aromatic heterocycles.